The number of ketones is 2. The van der Waals surface area contributed by atoms with Gasteiger partial charge in [0.2, 0.25) is 0 Å². The van der Waals surface area contributed by atoms with Gasteiger partial charge in [-0.15, -0.1) is 0 Å². The third-order valence-corrected chi connectivity index (χ3v) is 9.72. The Hall–Kier alpha value is -2.93. The van der Waals surface area contributed by atoms with Crippen molar-refractivity contribution >= 4 is 23.6 Å². The minimum absolute atomic E-state index is 0.00623. The van der Waals surface area contributed by atoms with Crippen molar-refractivity contribution in [2.45, 2.75) is 124 Å². The van der Waals surface area contributed by atoms with E-state index in [0.29, 0.717) is 12.0 Å². The molecule has 12 heteroatoms. The van der Waals surface area contributed by atoms with Gasteiger partial charge in [-0.1, -0.05) is 34.6 Å². The van der Waals surface area contributed by atoms with Crippen molar-refractivity contribution in [1.29, 1.82) is 0 Å². The lowest BCUT2D eigenvalue weighted by Crippen LogP contribution is -2.57. The monoisotopic (exact) mass is 661 g/mol. The van der Waals surface area contributed by atoms with Crippen LogP contribution in [0.2, 0.25) is 0 Å². The van der Waals surface area contributed by atoms with Crippen LogP contribution in [0.15, 0.2) is 30.4 Å². The van der Waals surface area contributed by atoms with Crippen LogP contribution in [0.3, 0.4) is 0 Å². The van der Waals surface area contributed by atoms with Crippen LogP contribution in [0, 0.1) is 23.2 Å². The summed E-state index contributed by atoms with van der Waals surface area (Å²) in [5, 5.41) is 0. The van der Waals surface area contributed by atoms with E-state index < -0.39 is 65.4 Å². The van der Waals surface area contributed by atoms with Crippen molar-refractivity contribution < 1.29 is 42.9 Å². The summed E-state index contributed by atoms with van der Waals surface area (Å²) in [6.07, 6.45) is 3.19. The van der Waals surface area contributed by atoms with E-state index in [-0.39, 0.29) is 30.1 Å². The molecule has 47 heavy (non-hydrogen) atoms. The number of likely N-dealkylation sites (N-methyl/N-ethyl adjacent to an activating group) is 1. The molecule has 10 atom stereocenters. The third-order valence-electron chi connectivity index (χ3n) is 9.72. The molecule has 2 aliphatic heterocycles. The Labute approximate surface area is 279 Å². The van der Waals surface area contributed by atoms with Crippen LogP contribution in [0.4, 0.5) is 4.79 Å². The Kier molecular flexibility index (Phi) is 12.7. The van der Waals surface area contributed by atoms with Crippen molar-refractivity contribution in [1.82, 2.24) is 14.5 Å². The molecular formula is C35H55N3O9. The number of imidazole rings is 1. The zero-order chi connectivity index (χ0) is 35.4. The van der Waals surface area contributed by atoms with Crippen LogP contribution in [0.25, 0.3) is 0 Å². The number of allylic oxidation sites excluding steroid dienone is 1. The number of carbonyl (C=O) groups excluding carboxylic acids is 4. The molecule has 3 rings (SSSR count). The SMILES string of the molecule is CC[C@H]1OC(=O)C(C)C(=O)C(C)C(OC2O[C@H](C)CC(N(C)C)C2OC)C(C)(C)CC(C)C(=O)/C(C)=C/C1(C)OC(=O)n1ccnc1. The molecule has 1 fully saturated rings. The van der Waals surface area contributed by atoms with Gasteiger partial charge in [0.1, 0.15) is 24.5 Å². The lowest BCUT2D eigenvalue weighted by atomic mass is 9.71. The molecule has 0 aromatic carbocycles. The molecule has 1 aromatic heterocycles. The molecule has 1 saturated heterocycles. The van der Waals surface area contributed by atoms with Gasteiger partial charge in [0, 0.05) is 37.4 Å². The largest absolute Gasteiger partial charge is 0.457 e. The predicted octanol–water partition coefficient (Wildman–Crippen LogP) is 4.84. The molecule has 0 spiro atoms. The van der Waals surface area contributed by atoms with Gasteiger partial charge in [-0.2, -0.15) is 0 Å². The summed E-state index contributed by atoms with van der Waals surface area (Å²) in [4.78, 5) is 60.7. The van der Waals surface area contributed by atoms with E-state index in [4.69, 9.17) is 23.7 Å². The molecule has 2 aliphatic rings. The number of ether oxygens (including phenoxy) is 5. The van der Waals surface area contributed by atoms with Crippen LogP contribution >= 0.6 is 0 Å². The second-order valence-electron chi connectivity index (χ2n) is 14.4. The number of hydrogen-bond donors (Lipinski definition) is 0. The Balaban J connectivity index is 2.08. The van der Waals surface area contributed by atoms with Gasteiger partial charge < -0.3 is 28.6 Å². The van der Waals surface area contributed by atoms with Crippen molar-refractivity contribution in [2.24, 2.45) is 23.2 Å². The minimum atomic E-state index is -1.53. The first-order valence-corrected chi connectivity index (χ1v) is 16.6. The number of hydrogen-bond acceptors (Lipinski definition) is 11. The highest BCUT2D eigenvalue weighted by molar-refractivity contribution is 6.00. The summed E-state index contributed by atoms with van der Waals surface area (Å²) in [7, 11) is 5.57. The summed E-state index contributed by atoms with van der Waals surface area (Å²) in [6, 6.07) is 0.00623. The number of esters is 1. The fourth-order valence-corrected chi connectivity index (χ4v) is 7.21. The summed E-state index contributed by atoms with van der Waals surface area (Å²) < 4.78 is 31.9. The fourth-order valence-electron chi connectivity index (χ4n) is 7.21. The van der Waals surface area contributed by atoms with Crippen LogP contribution in [0.5, 0.6) is 0 Å². The summed E-state index contributed by atoms with van der Waals surface area (Å²) in [6.45, 7) is 16.0. The second kappa shape index (κ2) is 15.5. The first kappa shape index (κ1) is 38.5. The number of methoxy groups -OCH3 is 1. The van der Waals surface area contributed by atoms with Crippen molar-refractivity contribution in [3.63, 3.8) is 0 Å². The van der Waals surface area contributed by atoms with Gasteiger partial charge in [-0.25, -0.2) is 14.3 Å². The van der Waals surface area contributed by atoms with Gasteiger partial charge >= 0.3 is 12.1 Å². The predicted molar refractivity (Wildman–Crippen MR) is 174 cm³/mol. The lowest BCUT2D eigenvalue weighted by Gasteiger charge is -2.47. The molecule has 0 N–H and O–H groups in total. The quantitative estimate of drug-likeness (QED) is 0.306. The first-order valence-electron chi connectivity index (χ1n) is 16.6. The lowest BCUT2D eigenvalue weighted by molar-refractivity contribution is -0.289. The van der Waals surface area contributed by atoms with Gasteiger partial charge in [0.15, 0.2) is 23.5 Å². The highest BCUT2D eigenvalue weighted by Crippen LogP contribution is 2.40. The molecule has 0 aliphatic carbocycles. The second-order valence-corrected chi connectivity index (χ2v) is 14.4. The van der Waals surface area contributed by atoms with E-state index in [1.165, 1.54) is 25.6 Å². The maximum absolute atomic E-state index is 14.1. The van der Waals surface area contributed by atoms with E-state index in [1.807, 2.05) is 41.8 Å². The minimum Gasteiger partial charge on any atom is -0.457 e. The summed E-state index contributed by atoms with van der Waals surface area (Å²) >= 11 is 0. The smallest absolute Gasteiger partial charge is 0.420 e. The van der Waals surface area contributed by atoms with Crippen LogP contribution in [0.1, 0.15) is 81.6 Å². The molecular weight excluding hydrogens is 606 g/mol. The Bertz CT molecular complexity index is 1290. The van der Waals surface area contributed by atoms with Crippen molar-refractivity contribution in [3.8, 4) is 0 Å². The van der Waals surface area contributed by atoms with E-state index in [1.54, 1.807) is 40.9 Å². The van der Waals surface area contributed by atoms with E-state index >= 15 is 0 Å². The number of aromatic nitrogens is 2. The maximum Gasteiger partial charge on any atom is 0.420 e. The maximum atomic E-state index is 14.1. The van der Waals surface area contributed by atoms with Gasteiger partial charge in [-0.05, 0) is 78.1 Å². The number of rotatable bonds is 6. The molecule has 8 unspecified atom stereocenters. The van der Waals surface area contributed by atoms with Gasteiger partial charge in [0.25, 0.3) is 0 Å². The normalized spacial score (nSPS) is 37.1. The zero-order valence-electron chi connectivity index (χ0n) is 30.1. The molecule has 1 aromatic rings. The van der Waals surface area contributed by atoms with E-state index in [2.05, 4.69) is 9.88 Å². The molecule has 0 radical (unpaired) electrons. The highest BCUT2D eigenvalue weighted by atomic mass is 16.7. The van der Waals surface area contributed by atoms with Crippen molar-refractivity contribution in [3.05, 3.63) is 30.4 Å². The Morgan fingerprint density at radius 2 is 1.79 bits per heavy atom. The molecule has 12 nitrogen and oxygen atoms in total. The van der Waals surface area contributed by atoms with E-state index in [9.17, 15) is 19.2 Å². The Morgan fingerprint density at radius 1 is 1.13 bits per heavy atom. The molecule has 3 heterocycles. The first-order chi connectivity index (χ1) is 21.9. The number of nitrogens with zero attached hydrogens (tertiary/aromatic N) is 3. The summed E-state index contributed by atoms with van der Waals surface area (Å²) in [5.74, 6) is -3.73. The van der Waals surface area contributed by atoms with E-state index in [0.717, 1.165) is 11.0 Å². The molecule has 264 valence electrons. The average molecular weight is 662 g/mol. The number of cyclic esters (lactones) is 1. The van der Waals surface area contributed by atoms with Crippen LogP contribution < -0.4 is 0 Å². The standard InChI is InChI=1S/C35H55N3O9/c1-13-26-35(9,47-33(42)38-15-14-36-19-38)18-21(3)27(39)20(2)17-34(7,8)30(23(5)28(40)24(6)31(41)45-26)46-32-29(43-12)25(37(10)11)16-22(4)44-32/h14-15,18-20,22-26,29-30,32H,13,16-17H2,1-12H3/b21-18+/t20?,22-,23?,24?,25?,26-,29?,30?,32?,35?/m1/s1. The number of Topliss-reactive ketones (excluding diaryl/α,β-unsaturated/α-hetero) is 2. The Morgan fingerprint density at radius 3 is 2.34 bits per heavy atom. The third kappa shape index (κ3) is 8.76. The number of carbonyl (C=O) groups is 4. The molecule has 0 saturated carbocycles. The highest BCUT2D eigenvalue weighted by Gasteiger charge is 2.48. The molecule has 0 amide bonds. The summed E-state index contributed by atoms with van der Waals surface area (Å²) in [5.41, 5.74) is -1.91. The zero-order valence-corrected chi connectivity index (χ0v) is 30.1. The van der Waals surface area contributed by atoms with Gasteiger partial charge in [-0.3, -0.25) is 14.4 Å². The molecule has 0 bridgehead atoms. The van der Waals surface area contributed by atoms with Gasteiger partial charge in [0.05, 0.1) is 12.2 Å². The fraction of sp³-hybridized carbons (Fsp3) is 0.743. The average Bonchev–Trinajstić information content (AvgIpc) is 3.55. The topological polar surface area (TPSA) is 135 Å². The van der Waals surface area contributed by atoms with Crippen LogP contribution in [-0.4, -0.2) is 102 Å². The van der Waals surface area contributed by atoms with Crippen molar-refractivity contribution in [2.75, 3.05) is 21.2 Å². The van der Waals surface area contributed by atoms with Crippen LogP contribution in [-0.2, 0) is 38.1 Å².